The molecule has 0 aromatic carbocycles. The van der Waals surface area contributed by atoms with Gasteiger partial charge in [0.15, 0.2) is 0 Å². The van der Waals surface area contributed by atoms with Crippen LogP contribution >= 0.6 is 11.9 Å². The molecule has 0 radical (unpaired) electrons. The summed E-state index contributed by atoms with van der Waals surface area (Å²) >= 11 is 1.24. The average Bonchev–Trinajstić information content (AvgIpc) is 2.37. The van der Waals surface area contributed by atoms with Crippen molar-refractivity contribution < 1.29 is 0 Å². The fourth-order valence-electron chi connectivity index (χ4n) is 0.846. The van der Waals surface area contributed by atoms with Gasteiger partial charge in [0, 0.05) is 13.0 Å². The predicted octanol–water partition coefficient (Wildman–Crippen LogP) is 0.798. The molecule has 56 valence electrons. The van der Waals surface area contributed by atoms with Crippen molar-refractivity contribution in [3.63, 3.8) is 0 Å². The van der Waals surface area contributed by atoms with E-state index < -0.39 is 0 Å². The van der Waals surface area contributed by atoms with Crippen molar-refractivity contribution in [2.75, 3.05) is 13.1 Å². The largest absolute Gasteiger partial charge is 0.292 e. The SMILES string of the molecule is C=CCN1CCC(SN)=N1. The zero-order valence-corrected chi connectivity index (χ0v) is 6.60. The second-order valence-electron chi connectivity index (χ2n) is 2.06. The Bertz CT molecular complexity index is 155. The van der Waals surface area contributed by atoms with E-state index in [2.05, 4.69) is 11.7 Å². The summed E-state index contributed by atoms with van der Waals surface area (Å²) in [7, 11) is 0. The highest BCUT2D eigenvalue weighted by atomic mass is 32.2. The average molecular weight is 157 g/mol. The topological polar surface area (TPSA) is 41.6 Å². The number of rotatable bonds is 2. The van der Waals surface area contributed by atoms with E-state index >= 15 is 0 Å². The Morgan fingerprint density at radius 2 is 2.70 bits per heavy atom. The minimum Gasteiger partial charge on any atom is -0.292 e. The zero-order chi connectivity index (χ0) is 7.40. The van der Waals surface area contributed by atoms with Crippen molar-refractivity contribution in [2.45, 2.75) is 6.42 Å². The molecule has 0 aromatic heterocycles. The summed E-state index contributed by atoms with van der Waals surface area (Å²) in [6.45, 7) is 5.43. The maximum Gasteiger partial charge on any atom is 0.110 e. The molecule has 0 aromatic rings. The van der Waals surface area contributed by atoms with Crippen molar-refractivity contribution >= 4 is 17.0 Å². The molecular weight excluding hydrogens is 146 g/mol. The minimum atomic E-state index is 0.823. The highest BCUT2D eigenvalue weighted by Gasteiger charge is 2.11. The van der Waals surface area contributed by atoms with Crippen LogP contribution in [0.1, 0.15) is 6.42 Å². The van der Waals surface area contributed by atoms with E-state index in [4.69, 9.17) is 5.14 Å². The third-order valence-corrected chi connectivity index (χ3v) is 1.87. The third-order valence-electron chi connectivity index (χ3n) is 1.31. The molecule has 0 saturated heterocycles. The molecule has 3 nitrogen and oxygen atoms in total. The lowest BCUT2D eigenvalue weighted by Crippen LogP contribution is -2.12. The molecule has 0 aliphatic carbocycles. The Kier molecular flexibility index (Phi) is 2.77. The van der Waals surface area contributed by atoms with E-state index in [0.29, 0.717) is 0 Å². The van der Waals surface area contributed by atoms with Gasteiger partial charge in [0.2, 0.25) is 0 Å². The van der Waals surface area contributed by atoms with Crippen LogP contribution in [0.15, 0.2) is 17.8 Å². The molecule has 0 atom stereocenters. The second kappa shape index (κ2) is 3.63. The van der Waals surface area contributed by atoms with Crippen LogP contribution in [0.25, 0.3) is 0 Å². The summed E-state index contributed by atoms with van der Waals surface area (Å²) in [5.74, 6) is 0. The molecular formula is C6H11N3S. The van der Waals surface area contributed by atoms with Crippen LogP contribution in [0.3, 0.4) is 0 Å². The van der Waals surface area contributed by atoms with Gasteiger partial charge in [0.1, 0.15) is 5.04 Å². The first-order valence-corrected chi connectivity index (χ1v) is 4.05. The second-order valence-corrected chi connectivity index (χ2v) is 2.77. The van der Waals surface area contributed by atoms with E-state index in [0.717, 1.165) is 24.6 Å². The Morgan fingerprint density at radius 1 is 1.90 bits per heavy atom. The lowest BCUT2D eigenvalue weighted by Gasteiger charge is -2.08. The zero-order valence-electron chi connectivity index (χ0n) is 5.79. The summed E-state index contributed by atoms with van der Waals surface area (Å²) in [6, 6.07) is 0. The lowest BCUT2D eigenvalue weighted by molar-refractivity contribution is 0.354. The van der Waals surface area contributed by atoms with Crippen LogP contribution in [-0.2, 0) is 0 Å². The van der Waals surface area contributed by atoms with Gasteiger partial charge in [-0.1, -0.05) is 6.08 Å². The summed E-state index contributed by atoms with van der Waals surface area (Å²) < 4.78 is 0. The summed E-state index contributed by atoms with van der Waals surface area (Å²) in [6.07, 6.45) is 2.82. The van der Waals surface area contributed by atoms with Gasteiger partial charge < -0.3 is 0 Å². The molecule has 1 aliphatic rings. The van der Waals surface area contributed by atoms with Crippen LogP contribution in [0.4, 0.5) is 0 Å². The fraction of sp³-hybridized carbons (Fsp3) is 0.500. The van der Waals surface area contributed by atoms with Crippen molar-refractivity contribution in [1.29, 1.82) is 0 Å². The molecule has 0 amide bonds. The monoisotopic (exact) mass is 157 g/mol. The number of hydrogen-bond donors (Lipinski definition) is 1. The predicted molar refractivity (Wildman–Crippen MR) is 45.6 cm³/mol. The van der Waals surface area contributed by atoms with Gasteiger partial charge in [-0.15, -0.1) is 6.58 Å². The highest BCUT2D eigenvalue weighted by Crippen LogP contribution is 2.10. The van der Waals surface area contributed by atoms with Crippen LogP contribution in [0, 0.1) is 0 Å². The molecule has 1 aliphatic heterocycles. The van der Waals surface area contributed by atoms with E-state index in [1.54, 1.807) is 0 Å². The van der Waals surface area contributed by atoms with Crippen LogP contribution in [0.2, 0.25) is 0 Å². The Morgan fingerprint density at radius 3 is 3.20 bits per heavy atom. The van der Waals surface area contributed by atoms with Crippen molar-refractivity contribution in [1.82, 2.24) is 5.01 Å². The van der Waals surface area contributed by atoms with Crippen molar-refractivity contribution in [3.05, 3.63) is 12.7 Å². The molecule has 0 bridgehead atoms. The summed E-state index contributed by atoms with van der Waals surface area (Å²) in [5, 5.41) is 12.5. The molecule has 0 spiro atoms. The molecule has 1 rings (SSSR count). The first-order chi connectivity index (χ1) is 4.86. The molecule has 0 saturated carbocycles. The van der Waals surface area contributed by atoms with E-state index in [1.165, 1.54) is 11.9 Å². The quantitative estimate of drug-likeness (QED) is 0.476. The number of hydrogen-bond acceptors (Lipinski definition) is 4. The maximum absolute atomic E-state index is 5.33. The number of nitrogens with two attached hydrogens (primary N) is 1. The van der Waals surface area contributed by atoms with Gasteiger partial charge >= 0.3 is 0 Å². The van der Waals surface area contributed by atoms with Crippen molar-refractivity contribution in [3.8, 4) is 0 Å². The standard InChI is InChI=1S/C6H11N3S/c1-2-4-9-5-3-6(8-9)10-7/h2H,1,3-5,7H2. The molecule has 10 heavy (non-hydrogen) atoms. The Hall–Kier alpha value is -0.480. The van der Waals surface area contributed by atoms with Crippen LogP contribution < -0.4 is 5.14 Å². The molecule has 4 heteroatoms. The molecule has 0 fully saturated rings. The van der Waals surface area contributed by atoms with E-state index in [-0.39, 0.29) is 0 Å². The number of nitrogens with zero attached hydrogens (tertiary/aromatic N) is 2. The van der Waals surface area contributed by atoms with Crippen molar-refractivity contribution in [2.24, 2.45) is 10.2 Å². The molecule has 1 heterocycles. The number of hydrazone groups is 1. The minimum absolute atomic E-state index is 0.823. The lowest BCUT2D eigenvalue weighted by atomic mass is 10.5. The van der Waals surface area contributed by atoms with E-state index in [1.807, 2.05) is 11.1 Å². The first-order valence-electron chi connectivity index (χ1n) is 3.17. The van der Waals surface area contributed by atoms with Gasteiger partial charge in [0.05, 0.1) is 6.54 Å². The smallest absolute Gasteiger partial charge is 0.110 e. The van der Waals surface area contributed by atoms with Gasteiger partial charge in [-0.2, -0.15) is 5.10 Å². The fourth-order valence-corrected chi connectivity index (χ4v) is 1.22. The van der Waals surface area contributed by atoms with Crippen LogP contribution in [0.5, 0.6) is 0 Å². The maximum atomic E-state index is 5.33. The van der Waals surface area contributed by atoms with Crippen LogP contribution in [-0.4, -0.2) is 23.1 Å². The highest BCUT2D eigenvalue weighted by molar-refractivity contribution is 8.12. The van der Waals surface area contributed by atoms with Gasteiger partial charge in [-0.05, 0) is 11.9 Å². The first kappa shape index (κ1) is 7.63. The van der Waals surface area contributed by atoms with Gasteiger partial charge in [0.25, 0.3) is 0 Å². The summed E-state index contributed by atoms with van der Waals surface area (Å²) in [5.41, 5.74) is 0. The molecule has 2 N–H and O–H groups in total. The molecule has 0 unspecified atom stereocenters. The van der Waals surface area contributed by atoms with Gasteiger partial charge in [-0.3, -0.25) is 10.1 Å². The van der Waals surface area contributed by atoms with Gasteiger partial charge in [-0.25, -0.2) is 0 Å². The summed E-state index contributed by atoms with van der Waals surface area (Å²) in [4.78, 5) is 0. The Labute approximate surface area is 65.1 Å². The normalized spacial score (nSPS) is 17.3. The Balaban J connectivity index is 2.38. The van der Waals surface area contributed by atoms with E-state index in [9.17, 15) is 0 Å². The third kappa shape index (κ3) is 1.75.